The monoisotopic (exact) mass is 410 g/mol. The maximum absolute atomic E-state index is 12.7. The summed E-state index contributed by atoms with van der Waals surface area (Å²) in [7, 11) is 0. The van der Waals surface area contributed by atoms with E-state index in [0.29, 0.717) is 29.4 Å². The van der Waals surface area contributed by atoms with E-state index < -0.39 is 0 Å². The molecular formula is C24H18N4O3. The van der Waals surface area contributed by atoms with E-state index >= 15 is 0 Å². The van der Waals surface area contributed by atoms with Crippen LogP contribution in [0.2, 0.25) is 0 Å². The normalized spacial score (nSPS) is 13.9. The zero-order valence-corrected chi connectivity index (χ0v) is 16.5. The van der Waals surface area contributed by atoms with Crippen LogP contribution in [-0.4, -0.2) is 22.5 Å². The van der Waals surface area contributed by atoms with Crippen molar-refractivity contribution in [2.45, 2.75) is 12.8 Å². The Balaban J connectivity index is 1.32. The standard InChI is InChI=1S/C24H18N4O3/c29-22-15-14-20(27-28(22)18-6-2-1-3-7-18)23(30)25-17-12-10-16(11-13-17)24-26-19-8-4-5-9-21(19)31-24/h1-13H,14-15H2,(H,25,30). The third-order valence-electron chi connectivity index (χ3n) is 4.98. The Labute approximate surface area is 178 Å². The van der Waals surface area contributed by atoms with E-state index in [2.05, 4.69) is 15.4 Å². The molecule has 0 unspecified atom stereocenters. The van der Waals surface area contributed by atoms with Crippen molar-refractivity contribution in [1.29, 1.82) is 0 Å². The van der Waals surface area contributed by atoms with Crippen molar-refractivity contribution in [3.63, 3.8) is 0 Å². The van der Waals surface area contributed by atoms with Gasteiger partial charge < -0.3 is 9.73 Å². The van der Waals surface area contributed by atoms with Crippen molar-refractivity contribution >= 4 is 40.0 Å². The van der Waals surface area contributed by atoms with Crippen molar-refractivity contribution in [3.05, 3.63) is 78.9 Å². The molecule has 0 atom stereocenters. The highest BCUT2D eigenvalue weighted by molar-refractivity contribution is 6.44. The lowest BCUT2D eigenvalue weighted by Crippen LogP contribution is -2.36. The van der Waals surface area contributed by atoms with Gasteiger partial charge in [-0.1, -0.05) is 30.3 Å². The molecule has 1 aliphatic heterocycles. The first-order chi connectivity index (χ1) is 15.2. The molecule has 5 rings (SSSR count). The summed E-state index contributed by atoms with van der Waals surface area (Å²) in [5.74, 6) is 0.0567. The van der Waals surface area contributed by atoms with Crippen molar-refractivity contribution in [1.82, 2.24) is 4.98 Å². The van der Waals surface area contributed by atoms with Gasteiger partial charge in [0.25, 0.3) is 5.91 Å². The number of amides is 2. The van der Waals surface area contributed by atoms with Crippen LogP contribution in [0.4, 0.5) is 11.4 Å². The minimum atomic E-state index is -0.331. The molecule has 4 aromatic rings. The van der Waals surface area contributed by atoms with Crippen LogP contribution in [-0.2, 0) is 9.59 Å². The smallest absolute Gasteiger partial charge is 0.271 e. The lowest BCUT2D eigenvalue weighted by Gasteiger charge is -2.23. The largest absolute Gasteiger partial charge is 0.436 e. The number of hydrogen-bond acceptors (Lipinski definition) is 5. The Morgan fingerprint density at radius 2 is 1.65 bits per heavy atom. The number of fused-ring (bicyclic) bond motifs is 1. The number of hydrazone groups is 1. The number of nitrogens with one attached hydrogen (secondary N) is 1. The molecule has 1 aliphatic rings. The van der Waals surface area contributed by atoms with E-state index in [1.165, 1.54) is 5.01 Å². The summed E-state index contributed by atoms with van der Waals surface area (Å²) in [6, 6.07) is 23.9. The van der Waals surface area contributed by atoms with Gasteiger partial charge in [0.15, 0.2) is 5.58 Å². The van der Waals surface area contributed by atoms with Gasteiger partial charge in [0, 0.05) is 24.1 Å². The lowest BCUT2D eigenvalue weighted by atomic mass is 10.1. The van der Waals surface area contributed by atoms with Gasteiger partial charge in [-0.25, -0.2) is 9.99 Å². The fraction of sp³-hybridized carbons (Fsp3) is 0.0833. The first-order valence-electron chi connectivity index (χ1n) is 9.90. The average molecular weight is 410 g/mol. The van der Waals surface area contributed by atoms with Gasteiger partial charge in [-0.3, -0.25) is 9.59 Å². The molecule has 7 heteroatoms. The number of benzene rings is 3. The van der Waals surface area contributed by atoms with E-state index in [1.807, 2.05) is 54.6 Å². The quantitative estimate of drug-likeness (QED) is 0.532. The molecule has 1 aromatic heterocycles. The van der Waals surface area contributed by atoms with E-state index in [1.54, 1.807) is 24.3 Å². The molecule has 0 spiro atoms. The van der Waals surface area contributed by atoms with Crippen LogP contribution in [0.15, 0.2) is 88.4 Å². The topological polar surface area (TPSA) is 87.8 Å². The Kier molecular flexibility index (Phi) is 4.76. The second-order valence-electron chi connectivity index (χ2n) is 7.11. The fourth-order valence-electron chi connectivity index (χ4n) is 3.38. The van der Waals surface area contributed by atoms with Crippen LogP contribution < -0.4 is 10.3 Å². The molecule has 0 radical (unpaired) electrons. The summed E-state index contributed by atoms with van der Waals surface area (Å²) < 4.78 is 5.78. The van der Waals surface area contributed by atoms with Crippen molar-refractivity contribution in [2.75, 3.05) is 10.3 Å². The van der Waals surface area contributed by atoms with Gasteiger partial charge >= 0.3 is 0 Å². The van der Waals surface area contributed by atoms with Crippen LogP contribution in [0.1, 0.15) is 12.8 Å². The number of carbonyl (C=O) groups is 2. The molecule has 0 fully saturated rings. The third-order valence-corrected chi connectivity index (χ3v) is 4.98. The summed E-state index contributed by atoms with van der Waals surface area (Å²) in [5.41, 5.74) is 3.90. The Bertz CT molecular complexity index is 1260. The van der Waals surface area contributed by atoms with E-state index in [-0.39, 0.29) is 18.2 Å². The predicted octanol–water partition coefficient (Wildman–Crippen LogP) is 4.62. The number of carbonyl (C=O) groups excluding carboxylic acids is 2. The minimum absolute atomic E-state index is 0.134. The molecule has 0 saturated carbocycles. The van der Waals surface area contributed by atoms with E-state index in [4.69, 9.17) is 4.42 Å². The zero-order chi connectivity index (χ0) is 21.2. The average Bonchev–Trinajstić information content (AvgIpc) is 3.25. The Hall–Kier alpha value is -4.26. The molecule has 0 saturated heterocycles. The van der Waals surface area contributed by atoms with Gasteiger partial charge in [0.1, 0.15) is 11.2 Å². The van der Waals surface area contributed by atoms with Crippen LogP contribution in [0, 0.1) is 0 Å². The molecule has 1 N–H and O–H groups in total. The second-order valence-corrected chi connectivity index (χ2v) is 7.11. The summed E-state index contributed by atoms with van der Waals surface area (Å²) >= 11 is 0. The van der Waals surface area contributed by atoms with Crippen molar-refractivity contribution in [2.24, 2.45) is 5.10 Å². The minimum Gasteiger partial charge on any atom is -0.436 e. The van der Waals surface area contributed by atoms with Crippen LogP contribution >= 0.6 is 0 Å². The van der Waals surface area contributed by atoms with Crippen LogP contribution in [0.3, 0.4) is 0 Å². The van der Waals surface area contributed by atoms with E-state index in [9.17, 15) is 9.59 Å². The SMILES string of the molecule is O=C(Nc1ccc(-c2nc3ccccc3o2)cc1)C1=NN(c2ccccc2)C(=O)CC1. The predicted molar refractivity (Wildman–Crippen MR) is 119 cm³/mol. The molecule has 31 heavy (non-hydrogen) atoms. The zero-order valence-electron chi connectivity index (χ0n) is 16.5. The highest BCUT2D eigenvalue weighted by atomic mass is 16.3. The van der Waals surface area contributed by atoms with Gasteiger partial charge in [-0.05, 0) is 48.5 Å². The summed E-state index contributed by atoms with van der Waals surface area (Å²) in [5, 5.41) is 8.41. The van der Waals surface area contributed by atoms with Crippen LogP contribution in [0.5, 0.6) is 0 Å². The van der Waals surface area contributed by atoms with E-state index in [0.717, 1.165) is 16.7 Å². The number of hydrogen-bond donors (Lipinski definition) is 1. The van der Waals surface area contributed by atoms with Gasteiger partial charge in [0.2, 0.25) is 11.8 Å². The van der Waals surface area contributed by atoms with Gasteiger partial charge in [-0.15, -0.1) is 0 Å². The summed E-state index contributed by atoms with van der Waals surface area (Å²) in [6.07, 6.45) is 0.535. The first kappa shape index (κ1) is 18.7. The Morgan fingerprint density at radius 3 is 2.42 bits per heavy atom. The number of oxazole rings is 1. The Morgan fingerprint density at radius 1 is 0.903 bits per heavy atom. The number of para-hydroxylation sites is 3. The summed E-state index contributed by atoms with van der Waals surface area (Å²) in [4.78, 5) is 29.4. The van der Waals surface area contributed by atoms with Crippen LogP contribution in [0.25, 0.3) is 22.6 Å². The molecule has 152 valence electrons. The maximum atomic E-state index is 12.7. The fourth-order valence-corrected chi connectivity index (χ4v) is 3.38. The molecular weight excluding hydrogens is 392 g/mol. The summed E-state index contributed by atoms with van der Waals surface area (Å²) in [6.45, 7) is 0. The van der Waals surface area contributed by atoms with Gasteiger partial charge in [0.05, 0.1) is 5.69 Å². The first-order valence-corrected chi connectivity index (χ1v) is 9.90. The second kappa shape index (κ2) is 7.87. The highest BCUT2D eigenvalue weighted by Crippen LogP contribution is 2.25. The number of anilines is 2. The molecule has 3 aromatic carbocycles. The molecule has 7 nitrogen and oxygen atoms in total. The number of aromatic nitrogens is 1. The van der Waals surface area contributed by atoms with Gasteiger partial charge in [-0.2, -0.15) is 5.10 Å². The molecule has 0 bridgehead atoms. The number of nitrogens with zero attached hydrogens (tertiary/aromatic N) is 3. The maximum Gasteiger partial charge on any atom is 0.271 e. The van der Waals surface area contributed by atoms with Crippen molar-refractivity contribution in [3.8, 4) is 11.5 Å². The molecule has 0 aliphatic carbocycles. The van der Waals surface area contributed by atoms with Crippen molar-refractivity contribution < 1.29 is 14.0 Å². The number of rotatable bonds is 4. The lowest BCUT2D eigenvalue weighted by molar-refractivity contribution is -0.118. The highest BCUT2D eigenvalue weighted by Gasteiger charge is 2.25. The molecule has 2 heterocycles. The molecule has 2 amide bonds. The third kappa shape index (κ3) is 3.81.